The monoisotopic (exact) mass is 428 g/mol. The average molecular weight is 429 g/mol. The van der Waals surface area contributed by atoms with Crippen LogP contribution in [0, 0.1) is 6.92 Å². The number of nitrogens with one attached hydrogen (secondary N) is 1. The maximum absolute atomic E-state index is 12.8. The number of hydrogen-bond donors (Lipinski definition) is 1. The summed E-state index contributed by atoms with van der Waals surface area (Å²) in [5.41, 5.74) is 3.57. The first kappa shape index (κ1) is 21.2. The first-order valence-corrected chi connectivity index (χ1v) is 11.6. The molecule has 1 N–H and O–H groups in total. The Hall–Kier alpha value is -2.48. The largest absolute Gasteiger partial charge is 0.321 e. The molecule has 0 bridgehead atoms. The van der Waals surface area contributed by atoms with Crippen LogP contribution in [0.4, 0.5) is 5.69 Å². The van der Waals surface area contributed by atoms with Crippen LogP contribution in [-0.4, -0.2) is 31.7 Å². The number of anilines is 1. The van der Waals surface area contributed by atoms with Crippen molar-refractivity contribution in [2.45, 2.75) is 31.7 Å². The lowest BCUT2D eigenvalue weighted by Crippen LogP contribution is -2.33. The molecule has 2 aromatic carbocycles. The van der Waals surface area contributed by atoms with E-state index >= 15 is 0 Å². The van der Waals surface area contributed by atoms with E-state index in [9.17, 15) is 13.2 Å². The Balaban J connectivity index is 1.79. The Kier molecular flexibility index (Phi) is 6.21. The van der Waals surface area contributed by atoms with Crippen LogP contribution in [0.5, 0.6) is 0 Å². The van der Waals surface area contributed by atoms with Crippen LogP contribution in [0.1, 0.15) is 29.1 Å². The molecule has 152 valence electrons. The third-order valence-corrected chi connectivity index (χ3v) is 7.71. The van der Waals surface area contributed by atoms with Crippen molar-refractivity contribution in [2.75, 3.05) is 12.4 Å². The van der Waals surface area contributed by atoms with Crippen LogP contribution in [-0.2, 0) is 10.0 Å². The smallest absolute Gasteiger partial charge is 0.266 e. The van der Waals surface area contributed by atoms with Crippen molar-refractivity contribution in [3.8, 4) is 11.1 Å². The zero-order chi connectivity index (χ0) is 21.2. The molecule has 7 heteroatoms. The number of rotatable bonds is 6. The molecule has 1 heterocycles. The molecule has 0 unspecified atom stereocenters. The van der Waals surface area contributed by atoms with Gasteiger partial charge in [-0.2, -0.15) is 4.31 Å². The third-order valence-electron chi connectivity index (χ3n) is 4.75. The van der Waals surface area contributed by atoms with Gasteiger partial charge in [0.2, 0.25) is 10.0 Å². The first-order valence-electron chi connectivity index (χ1n) is 9.24. The second-order valence-electron chi connectivity index (χ2n) is 7.12. The van der Waals surface area contributed by atoms with E-state index in [0.717, 1.165) is 16.7 Å². The van der Waals surface area contributed by atoms with Crippen LogP contribution in [0.3, 0.4) is 0 Å². The summed E-state index contributed by atoms with van der Waals surface area (Å²) in [5, 5.41) is 4.75. The minimum absolute atomic E-state index is 0.140. The minimum atomic E-state index is -3.55. The van der Waals surface area contributed by atoms with Gasteiger partial charge in [-0.3, -0.25) is 4.79 Å². The minimum Gasteiger partial charge on any atom is -0.321 e. The lowest BCUT2D eigenvalue weighted by Gasteiger charge is -2.21. The maximum atomic E-state index is 12.8. The normalized spacial score (nSPS) is 11.8. The van der Waals surface area contributed by atoms with Crippen LogP contribution >= 0.6 is 11.3 Å². The number of sulfonamides is 1. The molecule has 0 aliphatic rings. The Bertz CT molecular complexity index is 1100. The highest BCUT2D eigenvalue weighted by Crippen LogP contribution is 2.29. The fraction of sp³-hybridized carbons (Fsp3) is 0.227. The van der Waals surface area contributed by atoms with E-state index in [2.05, 4.69) is 5.32 Å². The van der Waals surface area contributed by atoms with E-state index in [1.165, 1.54) is 27.8 Å². The van der Waals surface area contributed by atoms with Crippen LogP contribution in [0.15, 0.2) is 64.9 Å². The molecule has 0 saturated carbocycles. The lowest BCUT2D eigenvalue weighted by molar-refractivity contribution is 0.103. The Labute approximate surface area is 176 Å². The van der Waals surface area contributed by atoms with Crippen molar-refractivity contribution >= 4 is 33.0 Å². The topological polar surface area (TPSA) is 66.5 Å². The van der Waals surface area contributed by atoms with Crippen molar-refractivity contribution in [3.63, 3.8) is 0 Å². The predicted octanol–water partition coefficient (Wildman–Crippen LogP) is 5.00. The molecule has 0 saturated heterocycles. The lowest BCUT2D eigenvalue weighted by atomic mass is 10.0. The molecule has 1 amide bonds. The van der Waals surface area contributed by atoms with Crippen molar-refractivity contribution in [1.29, 1.82) is 0 Å². The van der Waals surface area contributed by atoms with Crippen molar-refractivity contribution in [2.24, 2.45) is 0 Å². The standard InChI is InChI=1S/C22H24N2O3S2/c1-15(2)24(4)29(26,27)19-11-9-18(10-12-19)23-22(25)21-20(13-14-28-21)17-7-5-16(3)6-8-17/h5-15H,1-4H3,(H,23,25). The molecular formula is C22H24N2O3S2. The van der Waals surface area contributed by atoms with Gasteiger partial charge in [-0.25, -0.2) is 8.42 Å². The van der Waals surface area contributed by atoms with Gasteiger partial charge in [-0.15, -0.1) is 11.3 Å². The fourth-order valence-corrected chi connectivity index (χ4v) is 4.97. The van der Waals surface area contributed by atoms with E-state index in [0.29, 0.717) is 10.6 Å². The molecule has 3 aromatic rings. The summed E-state index contributed by atoms with van der Waals surface area (Å²) >= 11 is 1.38. The van der Waals surface area contributed by atoms with Crippen molar-refractivity contribution < 1.29 is 13.2 Å². The molecule has 3 rings (SSSR count). The second kappa shape index (κ2) is 8.49. The number of benzene rings is 2. The highest BCUT2D eigenvalue weighted by molar-refractivity contribution is 7.89. The quantitative estimate of drug-likeness (QED) is 0.600. The zero-order valence-electron chi connectivity index (χ0n) is 16.8. The average Bonchev–Trinajstić information content (AvgIpc) is 3.18. The van der Waals surface area contributed by atoms with Gasteiger partial charge >= 0.3 is 0 Å². The number of amides is 1. The van der Waals surface area contributed by atoms with Gasteiger partial charge in [0.05, 0.1) is 9.77 Å². The number of nitrogens with zero attached hydrogens (tertiary/aromatic N) is 1. The summed E-state index contributed by atoms with van der Waals surface area (Å²) in [6, 6.07) is 16.1. The Morgan fingerprint density at radius 2 is 1.62 bits per heavy atom. The highest BCUT2D eigenvalue weighted by atomic mass is 32.2. The molecular weight excluding hydrogens is 404 g/mol. The number of carbonyl (C=O) groups excluding carboxylic acids is 1. The van der Waals surface area contributed by atoms with Gasteiger partial charge in [-0.1, -0.05) is 29.8 Å². The van der Waals surface area contributed by atoms with E-state index in [-0.39, 0.29) is 16.8 Å². The summed E-state index contributed by atoms with van der Waals surface area (Å²) in [5.74, 6) is -0.217. The van der Waals surface area contributed by atoms with Crippen LogP contribution in [0.25, 0.3) is 11.1 Å². The first-order chi connectivity index (χ1) is 13.7. The molecule has 0 aliphatic carbocycles. The number of thiophene rings is 1. The van der Waals surface area contributed by atoms with Crippen LogP contribution < -0.4 is 5.32 Å². The highest BCUT2D eigenvalue weighted by Gasteiger charge is 2.23. The number of hydrogen-bond acceptors (Lipinski definition) is 4. The van der Waals surface area contributed by atoms with E-state index in [1.807, 2.05) is 56.5 Å². The maximum Gasteiger partial charge on any atom is 0.266 e. The summed E-state index contributed by atoms with van der Waals surface area (Å²) in [7, 11) is -2.00. The number of carbonyl (C=O) groups is 1. The summed E-state index contributed by atoms with van der Waals surface area (Å²) in [4.78, 5) is 13.6. The molecule has 29 heavy (non-hydrogen) atoms. The second-order valence-corrected chi connectivity index (χ2v) is 10.0. The van der Waals surface area contributed by atoms with Gasteiger partial charge in [-0.05, 0) is 62.0 Å². The molecule has 0 radical (unpaired) electrons. The van der Waals surface area contributed by atoms with Gasteiger partial charge in [0.25, 0.3) is 5.91 Å². The van der Waals surface area contributed by atoms with E-state index in [4.69, 9.17) is 0 Å². The molecule has 0 atom stereocenters. The van der Waals surface area contributed by atoms with Gasteiger partial charge in [0.1, 0.15) is 0 Å². The van der Waals surface area contributed by atoms with Gasteiger partial charge < -0.3 is 5.32 Å². The zero-order valence-corrected chi connectivity index (χ0v) is 18.5. The van der Waals surface area contributed by atoms with E-state index < -0.39 is 10.0 Å². The van der Waals surface area contributed by atoms with Crippen LogP contribution in [0.2, 0.25) is 0 Å². The molecule has 5 nitrogen and oxygen atoms in total. The summed E-state index contributed by atoms with van der Waals surface area (Å²) < 4.78 is 26.4. The Morgan fingerprint density at radius 1 is 1.00 bits per heavy atom. The fourth-order valence-electron chi connectivity index (χ4n) is 2.79. The molecule has 0 spiro atoms. The van der Waals surface area contributed by atoms with E-state index in [1.54, 1.807) is 19.2 Å². The molecule has 0 fully saturated rings. The van der Waals surface area contributed by atoms with Crippen molar-refractivity contribution in [1.82, 2.24) is 4.31 Å². The summed E-state index contributed by atoms with van der Waals surface area (Å²) in [6.45, 7) is 5.66. The summed E-state index contributed by atoms with van der Waals surface area (Å²) in [6.07, 6.45) is 0. The SMILES string of the molecule is Cc1ccc(-c2ccsc2C(=O)Nc2ccc(S(=O)(=O)N(C)C(C)C)cc2)cc1. The number of aryl methyl sites for hydroxylation is 1. The predicted molar refractivity (Wildman–Crippen MR) is 119 cm³/mol. The van der Waals surface area contributed by atoms with Crippen molar-refractivity contribution in [3.05, 3.63) is 70.4 Å². The van der Waals surface area contributed by atoms with Gasteiger partial charge in [0, 0.05) is 24.3 Å². The Morgan fingerprint density at radius 3 is 2.21 bits per heavy atom. The third kappa shape index (κ3) is 4.58. The van der Waals surface area contributed by atoms with Gasteiger partial charge in [0.15, 0.2) is 0 Å². The molecule has 1 aromatic heterocycles. The molecule has 0 aliphatic heterocycles.